The van der Waals surface area contributed by atoms with E-state index in [1.54, 1.807) is 0 Å². The number of rotatable bonds is 6. The van der Waals surface area contributed by atoms with Crippen LogP contribution in [0, 0.1) is 0 Å². The van der Waals surface area contributed by atoms with Gasteiger partial charge in [0.2, 0.25) is 0 Å². The van der Waals surface area contributed by atoms with Crippen LogP contribution in [0.2, 0.25) is 0 Å². The lowest BCUT2D eigenvalue weighted by Gasteiger charge is -2.33. The van der Waals surface area contributed by atoms with Crippen LogP contribution in [-0.4, -0.2) is 42.6 Å². The lowest BCUT2D eigenvalue weighted by Crippen LogP contribution is -2.41. The fraction of sp³-hybridized carbons (Fsp3) is 0.611. The molecule has 5 nitrogen and oxygen atoms in total. The van der Waals surface area contributed by atoms with Crippen LogP contribution in [-0.2, 0) is 0 Å². The molecule has 0 bridgehead atoms. The molecule has 1 unspecified atom stereocenters. The summed E-state index contributed by atoms with van der Waals surface area (Å²) in [5.41, 5.74) is 6.95. The quantitative estimate of drug-likeness (QED) is 0.398. The van der Waals surface area contributed by atoms with Crippen molar-refractivity contribution < 1.29 is 4.74 Å². The molecule has 1 saturated heterocycles. The Morgan fingerprint density at radius 2 is 2.04 bits per heavy atom. The molecule has 1 aliphatic rings. The highest BCUT2D eigenvalue weighted by molar-refractivity contribution is 14.0. The Bertz CT molecular complexity index is 504. The van der Waals surface area contributed by atoms with E-state index in [2.05, 4.69) is 22.1 Å². The van der Waals surface area contributed by atoms with Crippen molar-refractivity contribution in [3.8, 4) is 5.75 Å². The maximum Gasteiger partial charge on any atom is 0.193 e. The number of nitrogens with one attached hydrogen (secondary N) is 1. The Hall–Kier alpha value is -1.02. The number of benzene rings is 1. The number of likely N-dealkylation sites (tertiary alicyclic amines) is 1. The summed E-state index contributed by atoms with van der Waals surface area (Å²) in [6.45, 7) is 9.28. The Kier molecular flexibility index (Phi) is 9.43. The second-order valence-electron chi connectivity index (χ2n) is 6.32. The van der Waals surface area contributed by atoms with Crippen LogP contribution in [0.25, 0.3) is 0 Å². The van der Waals surface area contributed by atoms with Gasteiger partial charge in [-0.25, -0.2) is 0 Å². The van der Waals surface area contributed by atoms with Gasteiger partial charge in [-0.3, -0.25) is 9.89 Å². The highest BCUT2D eigenvalue weighted by atomic mass is 127. The van der Waals surface area contributed by atoms with Crippen LogP contribution in [0.5, 0.6) is 5.75 Å². The maximum absolute atomic E-state index is 6.02. The van der Waals surface area contributed by atoms with Gasteiger partial charge >= 0.3 is 0 Å². The molecule has 24 heavy (non-hydrogen) atoms. The summed E-state index contributed by atoms with van der Waals surface area (Å²) >= 11 is 0. The summed E-state index contributed by atoms with van der Waals surface area (Å²) in [5, 5.41) is 3.15. The molecule has 1 aromatic rings. The van der Waals surface area contributed by atoms with Crippen molar-refractivity contribution in [1.82, 2.24) is 4.90 Å². The minimum Gasteiger partial charge on any atom is -0.491 e. The fourth-order valence-electron chi connectivity index (χ4n) is 2.96. The van der Waals surface area contributed by atoms with Gasteiger partial charge in [0.1, 0.15) is 5.75 Å². The summed E-state index contributed by atoms with van der Waals surface area (Å²) < 4.78 is 5.63. The number of hydrogen-bond acceptors (Lipinski definition) is 3. The molecule has 6 heteroatoms. The molecule has 0 radical (unpaired) electrons. The number of anilines is 1. The van der Waals surface area contributed by atoms with Crippen molar-refractivity contribution >= 4 is 35.6 Å². The fourth-order valence-corrected chi connectivity index (χ4v) is 2.96. The largest absolute Gasteiger partial charge is 0.491 e. The predicted molar refractivity (Wildman–Crippen MR) is 113 cm³/mol. The van der Waals surface area contributed by atoms with Crippen LogP contribution < -0.4 is 15.8 Å². The molecule has 0 saturated carbocycles. The number of hydrogen-bond donors (Lipinski definition) is 2. The highest BCUT2D eigenvalue weighted by Crippen LogP contribution is 2.18. The van der Waals surface area contributed by atoms with E-state index in [1.807, 2.05) is 38.1 Å². The van der Waals surface area contributed by atoms with Crippen molar-refractivity contribution in [2.24, 2.45) is 10.7 Å². The lowest BCUT2D eigenvalue weighted by atomic mass is 10.0. The minimum atomic E-state index is 0. The van der Waals surface area contributed by atoms with E-state index >= 15 is 0 Å². The number of halogens is 1. The topological polar surface area (TPSA) is 62.9 Å². The van der Waals surface area contributed by atoms with E-state index in [9.17, 15) is 0 Å². The third kappa shape index (κ3) is 6.84. The van der Waals surface area contributed by atoms with Gasteiger partial charge in [-0.2, -0.15) is 0 Å². The molecule has 1 fully saturated rings. The van der Waals surface area contributed by atoms with E-state index in [-0.39, 0.29) is 30.1 Å². The van der Waals surface area contributed by atoms with Gasteiger partial charge in [-0.15, -0.1) is 24.0 Å². The van der Waals surface area contributed by atoms with Gasteiger partial charge in [0.05, 0.1) is 12.6 Å². The summed E-state index contributed by atoms with van der Waals surface area (Å²) in [6, 6.07) is 8.32. The SMILES string of the molecule is CCN1CCCCC1CN=C(N)Nc1ccc(OC(C)C)cc1.I. The molecular formula is C18H31IN4O. The van der Waals surface area contributed by atoms with Crippen LogP contribution in [0.3, 0.4) is 0 Å². The second kappa shape index (κ2) is 10.8. The molecule has 1 aromatic carbocycles. The standard InChI is InChI=1S/C18H30N4O.HI/c1-4-22-12-6-5-7-16(22)13-20-18(19)21-15-8-10-17(11-9-15)23-14(2)3;/h8-11,14,16H,4-7,12-13H2,1-3H3,(H3,19,20,21);1H. The Balaban J connectivity index is 0.00000288. The number of piperidine rings is 1. The van der Waals surface area contributed by atoms with Gasteiger partial charge in [-0.05, 0) is 64.0 Å². The second-order valence-corrected chi connectivity index (χ2v) is 6.32. The first-order valence-corrected chi connectivity index (χ1v) is 8.66. The Morgan fingerprint density at radius 3 is 2.67 bits per heavy atom. The zero-order valence-electron chi connectivity index (χ0n) is 15.0. The van der Waals surface area contributed by atoms with Gasteiger partial charge < -0.3 is 15.8 Å². The van der Waals surface area contributed by atoms with E-state index in [1.165, 1.54) is 25.8 Å². The average molecular weight is 446 g/mol. The summed E-state index contributed by atoms with van der Waals surface area (Å²) in [6.07, 6.45) is 3.98. The zero-order valence-corrected chi connectivity index (χ0v) is 17.3. The molecule has 0 aromatic heterocycles. The molecule has 2 rings (SSSR count). The smallest absolute Gasteiger partial charge is 0.193 e. The third-order valence-electron chi connectivity index (χ3n) is 4.13. The number of likely N-dealkylation sites (N-methyl/N-ethyl adjacent to an activating group) is 1. The highest BCUT2D eigenvalue weighted by Gasteiger charge is 2.20. The van der Waals surface area contributed by atoms with Crippen molar-refractivity contribution in [2.75, 3.05) is 25.0 Å². The van der Waals surface area contributed by atoms with Gasteiger partial charge in [0.25, 0.3) is 0 Å². The first-order valence-electron chi connectivity index (χ1n) is 8.66. The van der Waals surface area contributed by atoms with Crippen LogP contribution in [0.1, 0.15) is 40.0 Å². The molecule has 136 valence electrons. The first kappa shape index (κ1) is 21.0. The number of ether oxygens (including phenoxy) is 1. The van der Waals surface area contributed by atoms with Crippen molar-refractivity contribution in [3.63, 3.8) is 0 Å². The maximum atomic E-state index is 6.02. The van der Waals surface area contributed by atoms with Crippen LogP contribution >= 0.6 is 24.0 Å². The van der Waals surface area contributed by atoms with Crippen LogP contribution in [0.4, 0.5) is 5.69 Å². The van der Waals surface area contributed by atoms with E-state index < -0.39 is 0 Å². The Morgan fingerprint density at radius 1 is 1.33 bits per heavy atom. The van der Waals surface area contributed by atoms with Crippen LogP contribution in [0.15, 0.2) is 29.3 Å². The van der Waals surface area contributed by atoms with Gasteiger partial charge in [0.15, 0.2) is 5.96 Å². The molecule has 1 aliphatic heterocycles. The van der Waals surface area contributed by atoms with E-state index in [4.69, 9.17) is 10.5 Å². The predicted octanol–water partition coefficient (Wildman–Crippen LogP) is 3.69. The molecule has 0 spiro atoms. The van der Waals surface area contributed by atoms with Crippen molar-refractivity contribution in [1.29, 1.82) is 0 Å². The summed E-state index contributed by atoms with van der Waals surface area (Å²) in [5.74, 6) is 1.34. The molecular weight excluding hydrogens is 415 g/mol. The van der Waals surface area contributed by atoms with Crippen molar-refractivity contribution in [3.05, 3.63) is 24.3 Å². The molecule has 1 atom stereocenters. The van der Waals surface area contributed by atoms with Crippen molar-refractivity contribution in [2.45, 2.75) is 52.2 Å². The molecule has 0 amide bonds. The summed E-state index contributed by atoms with van der Waals surface area (Å²) in [4.78, 5) is 7.02. The third-order valence-corrected chi connectivity index (χ3v) is 4.13. The monoisotopic (exact) mass is 446 g/mol. The molecule has 3 N–H and O–H groups in total. The normalized spacial score (nSPS) is 19.0. The number of nitrogens with two attached hydrogens (primary N) is 1. The lowest BCUT2D eigenvalue weighted by molar-refractivity contribution is 0.161. The average Bonchev–Trinajstić information content (AvgIpc) is 2.54. The zero-order chi connectivity index (χ0) is 16.7. The summed E-state index contributed by atoms with van der Waals surface area (Å²) in [7, 11) is 0. The molecule has 1 heterocycles. The number of aliphatic imine (C=N–C) groups is 1. The number of guanidine groups is 1. The van der Waals surface area contributed by atoms with E-state index in [0.29, 0.717) is 12.0 Å². The van der Waals surface area contributed by atoms with Gasteiger partial charge in [-0.1, -0.05) is 13.3 Å². The first-order chi connectivity index (χ1) is 11.1. The minimum absolute atomic E-state index is 0. The van der Waals surface area contributed by atoms with E-state index in [0.717, 1.165) is 24.5 Å². The molecule has 0 aliphatic carbocycles. The van der Waals surface area contributed by atoms with Gasteiger partial charge in [0, 0.05) is 11.7 Å². The Labute approximate surface area is 163 Å². The number of nitrogens with zero attached hydrogens (tertiary/aromatic N) is 2.